The number of carbonyl (C=O) groups is 1. The number of amides is 1. The van der Waals surface area contributed by atoms with Gasteiger partial charge < -0.3 is 10.1 Å². The second-order valence-electron chi connectivity index (χ2n) is 6.19. The highest BCUT2D eigenvalue weighted by molar-refractivity contribution is 14.1. The van der Waals surface area contributed by atoms with Crippen LogP contribution in [0.1, 0.15) is 10.4 Å². The smallest absolute Gasteiger partial charge is 0.261 e. The van der Waals surface area contributed by atoms with Gasteiger partial charge in [-0.1, -0.05) is 12.1 Å². The first-order chi connectivity index (χ1) is 14.0. The lowest BCUT2D eigenvalue weighted by atomic mass is 10.1. The Hall–Kier alpha value is -3.01. The van der Waals surface area contributed by atoms with Gasteiger partial charge in [-0.15, -0.1) is 0 Å². The maximum Gasteiger partial charge on any atom is 0.261 e. The van der Waals surface area contributed by atoms with Crippen LogP contribution in [0.4, 0.5) is 14.5 Å². The lowest BCUT2D eigenvalue weighted by molar-refractivity contribution is 0.101. The van der Waals surface area contributed by atoms with Gasteiger partial charge in [0.05, 0.1) is 19.0 Å². The molecule has 4 rings (SSSR count). The van der Waals surface area contributed by atoms with Crippen molar-refractivity contribution in [3.63, 3.8) is 0 Å². The molecule has 0 aliphatic carbocycles. The molecular weight excluding hydrogens is 491 g/mol. The first-order valence-corrected chi connectivity index (χ1v) is 9.62. The number of pyridine rings is 1. The highest BCUT2D eigenvalue weighted by Gasteiger charge is 2.20. The van der Waals surface area contributed by atoms with Crippen molar-refractivity contribution >= 4 is 39.8 Å². The fraction of sp³-hybridized carbons (Fsp3) is 0.0476. The summed E-state index contributed by atoms with van der Waals surface area (Å²) in [6.07, 6.45) is 3.59. The number of anilines is 1. The molecule has 1 N–H and O–H groups in total. The number of hydrogen-bond donors (Lipinski definition) is 1. The second kappa shape index (κ2) is 7.78. The van der Waals surface area contributed by atoms with Crippen molar-refractivity contribution in [1.82, 2.24) is 9.38 Å². The van der Waals surface area contributed by atoms with E-state index in [0.717, 1.165) is 23.0 Å². The second-order valence-corrected chi connectivity index (χ2v) is 7.35. The van der Waals surface area contributed by atoms with Gasteiger partial charge in [0, 0.05) is 27.1 Å². The number of halogens is 3. The molecule has 0 spiro atoms. The zero-order valence-electron chi connectivity index (χ0n) is 15.1. The summed E-state index contributed by atoms with van der Waals surface area (Å²) in [5, 5.41) is 2.53. The first-order valence-electron chi connectivity index (χ1n) is 8.54. The molecule has 0 bridgehead atoms. The third-order valence-electron chi connectivity index (χ3n) is 4.43. The van der Waals surface area contributed by atoms with E-state index in [-0.39, 0.29) is 3.57 Å². The predicted octanol–water partition coefficient (Wildman–Crippen LogP) is 5.15. The van der Waals surface area contributed by atoms with Crippen LogP contribution in [0.3, 0.4) is 0 Å². The Bertz CT molecular complexity index is 1220. The molecule has 0 aliphatic rings. The number of methoxy groups -OCH3 is 1. The van der Waals surface area contributed by atoms with Crippen molar-refractivity contribution in [3.05, 3.63) is 81.7 Å². The standard InChI is InChI=1S/C21H14F2IN3O2/c1-29-14-8-9-27-17(11-25-18(27)10-14)12-2-4-13(5-3-12)26-21(28)19-15(22)6-7-16(24)20(19)23/h2-11H,1H3,(H,26,28). The van der Waals surface area contributed by atoms with E-state index < -0.39 is 23.1 Å². The normalized spacial score (nSPS) is 10.9. The van der Waals surface area contributed by atoms with Gasteiger partial charge >= 0.3 is 0 Å². The lowest BCUT2D eigenvalue weighted by Gasteiger charge is -2.09. The summed E-state index contributed by atoms with van der Waals surface area (Å²) in [6.45, 7) is 0. The molecule has 0 aliphatic heterocycles. The van der Waals surface area contributed by atoms with Crippen LogP contribution in [-0.2, 0) is 0 Å². The van der Waals surface area contributed by atoms with Crippen molar-refractivity contribution < 1.29 is 18.3 Å². The molecule has 0 radical (unpaired) electrons. The van der Waals surface area contributed by atoms with Crippen LogP contribution in [0, 0.1) is 15.2 Å². The van der Waals surface area contributed by atoms with E-state index >= 15 is 0 Å². The summed E-state index contributed by atoms with van der Waals surface area (Å²) in [6, 6.07) is 12.9. The fourth-order valence-corrected chi connectivity index (χ4v) is 3.41. The number of hydrogen-bond acceptors (Lipinski definition) is 3. The molecule has 0 unspecified atom stereocenters. The minimum absolute atomic E-state index is 0.175. The average molecular weight is 505 g/mol. The van der Waals surface area contributed by atoms with Gasteiger partial charge in [-0.3, -0.25) is 9.20 Å². The lowest BCUT2D eigenvalue weighted by Crippen LogP contribution is -2.16. The Morgan fingerprint density at radius 1 is 1.14 bits per heavy atom. The summed E-state index contributed by atoms with van der Waals surface area (Å²) < 4.78 is 35.3. The van der Waals surface area contributed by atoms with Gasteiger partial charge in [0.15, 0.2) is 5.82 Å². The number of benzene rings is 2. The number of nitrogens with one attached hydrogen (secondary N) is 1. The predicted molar refractivity (Wildman–Crippen MR) is 114 cm³/mol. The SMILES string of the molecule is COc1ccn2c(-c3ccc(NC(=O)c4c(F)ccc(I)c4F)cc3)cnc2c1. The van der Waals surface area contributed by atoms with Gasteiger partial charge in [0.25, 0.3) is 5.91 Å². The van der Waals surface area contributed by atoms with E-state index in [1.54, 1.807) is 60.2 Å². The van der Waals surface area contributed by atoms with E-state index in [2.05, 4.69) is 10.3 Å². The summed E-state index contributed by atoms with van der Waals surface area (Å²) in [5.74, 6) is -1.91. The molecule has 8 heteroatoms. The molecule has 2 aromatic heterocycles. The van der Waals surface area contributed by atoms with E-state index in [0.29, 0.717) is 11.4 Å². The van der Waals surface area contributed by atoms with Crippen molar-refractivity contribution in [1.29, 1.82) is 0 Å². The molecule has 5 nitrogen and oxygen atoms in total. The molecule has 4 aromatic rings. The van der Waals surface area contributed by atoms with Crippen LogP contribution in [-0.4, -0.2) is 22.4 Å². The largest absolute Gasteiger partial charge is 0.497 e. The molecule has 0 saturated heterocycles. The number of ether oxygens (including phenoxy) is 1. The average Bonchev–Trinajstić information content (AvgIpc) is 3.14. The Kier molecular flexibility index (Phi) is 5.18. The first kappa shape index (κ1) is 19.3. The van der Waals surface area contributed by atoms with Crippen molar-refractivity contribution in [2.75, 3.05) is 12.4 Å². The van der Waals surface area contributed by atoms with Crippen LogP contribution in [0.15, 0.2) is 60.9 Å². The van der Waals surface area contributed by atoms with Crippen molar-refractivity contribution in [3.8, 4) is 17.0 Å². The van der Waals surface area contributed by atoms with Gasteiger partial charge in [-0.25, -0.2) is 13.8 Å². The molecular formula is C21H14F2IN3O2. The number of carbonyl (C=O) groups excluding carboxylic acids is 1. The monoisotopic (exact) mass is 505 g/mol. The Morgan fingerprint density at radius 3 is 2.62 bits per heavy atom. The topological polar surface area (TPSA) is 55.6 Å². The molecule has 2 aromatic carbocycles. The summed E-state index contributed by atoms with van der Waals surface area (Å²) in [4.78, 5) is 16.7. The highest BCUT2D eigenvalue weighted by atomic mass is 127. The van der Waals surface area contributed by atoms with Crippen LogP contribution in [0.25, 0.3) is 16.9 Å². The van der Waals surface area contributed by atoms with Crippen molar-refractivity contribution in [2.45, 2.75) is 0 Å². The molecule has 29 heavy (non-hydrogen) atoms. The molecule has 0 atom stereocenters. The van der Waals surface area contributed by atoms with Crippen LogP contribution in [0.2, 0.25) is 0 Å². The van der Waals surface area contributed by atoms with E-state index in [4.69, 9.17) is 4.74 Å². The van der Waals surface area contributed by atoms with Gasteiger partial charge in [-0.2, -0.15) is 0 Å². The van der Waals surface area contributed by atoms with E-state index in [1.165, 1.54) is 6.07 Å². The summed E-state index contributed by atoms with van der Waals surface area (Å²) in [7, 11) is 1.59. The number of imidazole rings is 1. The van der Waals surface area contributed by atoms with Gasteiger partial charge in [0.2, 0.25) is 0 Å². The molecule has 146 valence electrons. The zero-order chi connectivity index (χ0) is 20.5. The van der Waals surface area contributed by atoms with Crippen LogP contribution < -0.4 is 10.1 Å². The molecule has 0 saturated carbocycles. The minimum Gasteiger partial charge on any atom is -0.497 e. The number of aromatic nitrogens is 2. The number of nitrogens with zero attached hydrogens (tertiary/aromatic N) is 2. The summed E-state index contributed by atoms with van der Waals surface area (Å²) in [5.41, 5.74) is 2.28. The van der Waals surface area contributed by atoms with E-state index in [1.807, 2.05) is 22.7 Å². The van der Waals surface area contributed by atoms with Crippen molar-refractivity contribution in [2.24, 2.45) is 0 Å². The van der Waals surface area contributed by atoms with Crippen LogP contribution >= 0.6 is 22.6 Å². The van der Waals surface area contributed by atoms with Crippen LogP contribution in [0.5, 0.6) is 5.75 Å². The number of fused-ring (bicyclic) bond motifs is 1. The third-order valence-corrected chi connectivity index (χ3v) is 5.26. The van der Waals surface area contributed by atoms with E-state index in [9.17, 15) is 13.6 Å². The maximum absolute atomic E-state index is 14.1. The third kappa shape index (κ3) is 3.67. The van der Waals surface area contributed by atoms with Gasteiger partial charge in [0.1, 0.15) is 22.8 Å². The number of rotatable bonds is 4. The zero-order valence-corrected chi connectivity index (χ0v) is 17.3. The fourth-order valence-electron chi connectivity index (χ4n) is 2.96. The Labute approximate surface area is 178 Å². The molecule has 1 amide bonds. The quantitative estimate of drug-likeness (QED) is 0.309. The highest BCUT2D eigenvalue weighted by Crippen LogP contribution is 2.25. The maximum atomic E-state index is 14.1. The summed E-state index contributed by atoms with van der Waals surface area (Å²) >= 11 is 1.71. The molecule has 0 fully saturated rings. The Morgan fingerprint density at radius 2 is 1.90 bits per heavy atom. The van der Waals surface area contributed by atoms with Gasteiger partial charge in [-0.05, 0) is 52.9 Å². The Balaban J connectivity index is 1.59. The minimum atomic E-state index is -0.904. The molecule has 2 heterocycles.